The molecule has 0 radical (unpaired) electrons. The zero-order chi connectivity index (χ0) is 21.1. The van der Waals surface area contributed by atoms with Crippen molar-refractivity contribution >= 4 is 34.6 Å². The van der Waals surface area contributed by atoms with Gasteiger partial charge < -0.3 is 10.0 Å². The first-order chi connectivity index (χ1) is 14.5. The Morgan fingerprint density at radius 3 is 2.77 bits per heavy atom. The number of aryl methyl sites for hydroxylation is 2. The quantitative estimate of drug-likeness (QED) is 0.487. The van der Waals surface area contributed by atoms with Gasteiger partial charge in [-0.2, -0.15) is 0 Å². The van der Waals surface area contributed by atoms with E-state index in [2.05, 4.69) is 11.8 Å². The predicted molar refractivity (Wildman–Crippen MR) is 124 cm³/mol. The molecule has 0 bridgehead atoms. The number of hydrogen-bond acceptors (Lipinski definition) is 4. The summed E-state index contributed by atoms with van der Waals surface area (Å²) in [5.74, 6) is -0.302. The van der Waals surface area contributed by atoms with Crippen molar-refractivity contribution in [3.63, 3.8) is 0 Å². The van der Waals surface area contributed by atoms with Crippen LogP contribution in [0.5, 0.6) is 0 Å². The van der Waals surface area contributed by atoms with E-state index in [4.69, 9.17) is 16.6 Å². The number of benzene rings is 2. The molecule has 4 rings (SSSR count). The molecular weight excluding hydrogens is 416 g/mol. The van der Waals surface area contributed by atoms with Gasteiger partial charge in [0.1, 0.15) is 5.01 Å². The molecule has 1 atom stereocenters. The van der Waals surface area contributed by atoms with Gasteiger partial charge in [-0.05, 0) is 62.8 Å². The molecule has 0 aliphatic carbocycles. The molecular formula is C24H25ClN2O2S. The molecule has 0 amide bonds. The number of rotatable bonds is 6. The van der Waals surface area contributed by atoms with E-state index in [1.165, 1.54) is 11.3 Å². The Morgan fingerprint density at radius 2 is 2.00 bits per heavy atom. The second-order valence-electron chi connectivity index (χ2n) is 7.85. The van der Waals surface area contributed by atoms with Crippen molar-refractivity contribution in [1.29, 1.82) is 0 Å². The number of hydrogen-bond donors (Lipinski definition) is 1. The van der Waals surface area contributed by atoms with Gasteiger partial charge in [-0.3, -0.25) is 0 Å². The Bertz CT molecular complexity index is 1030. The topological polar surface area (TPSA) is 53.4 Å². The molecule has 0 saturated carbocycles. The van der Waals surface area contributed by atoms with Gasteiger partial charge >= 0.3 is 5.97 Å². The lowest BCUT2D eigenvalue weighted by Crippen LogP contribution is -2.36. The summed E-state index contributed by atoms with van der Waals surface area (Å²) < 4.78 is 0. The SMILES string of the molecule is Cc1nc(-c2ccc(Cl)cc2)sc1CCC1CCCN(c2ccccc2C(=O)O)C1. The van der Waals surface area contributed by atoms with Crippen LogP contribution >= 0.6 is 22.9 Å². The molecule has 1 fully saturated rings. The third-order valence-electron chi connectivity index (χ3n) is 5.76. The summed E-state index contributed by atoms with van der Waals surface area (Å²) in [7, 11) is 0. The van der Waals surface area contributed by atoms with E-state index in [0.29, 0.717) is 11.5 Å². The van der Waals surface area contributed by atoms with E-state index in [-0.39, 0.29) is 0 Å². The van der Waals surface area contributed by atoms with E-state index >= 15 is 0 Å². The van der Waals surface area contributed by atoms with Crippen LogP contribution < -0.4 is 4.90 Å². The van der Waals surface area contributed by atoms with Crippen molar-refractivity contribution in [2.24, 2.45) is 5.92 Å². The number of carboxylic acid groups (broad SMARTS) is 1. The summed E-state index contributed by atoms with van der Waals surface area (Å²) in [5, 5.41) is 11.3. The fraction of sp³-hybridized carbons (Fsp3) is 0.333. The lowest BCUT2D eigenvalue weighted by Gasteiger charge is -2.35. The van der Waals surface area contributed by atoms with Gasteiger partial charge in [0.2, 0.25) is 0 Å². The number of thiazole rings is 1. The Morgan fingerprint density at radius 1 is 1.23 bits per heavy atom. The smallest absolute Gasteiger partial charge is 0.337 e. The maximum Gasteiger partial charge on any atom is 0.337 e. The lowest BCUT2D eigenvalue weighted by molar-refractivity contribution is 0.0697. The van der Waals surface area contributed by atoms with Crippen LogP contribution in [0.2, 0.25) is 5.02 Å². The molecule has 1 aliphatic heterocycles. The zero-order valence-electron chi connectivity index (χ0n) is 17.0. The van der Waals surface area contributed by atoms with Crippen LogP contribution in [0.15, 0.2) is 48.5 Å². The number of piperidine rings is 1. The minimum atomic E-state index is -0.859. The van der Waals surface area contributed by atoms with E-state index in [0.717, 1.165) is 59.3 Å². The minimum Gasteiger partial charge on any atom is -0.478 e. The molecule has 3 aromatic rings. The minimum absolute atomic E-state index is 0.393. The average molecular weight is 441 g/mol. The molecule has 4 nitrogen and oxygen atoms in total. The summed E-state index contributed by atoms with van der Waals surface area (Å²) in [4.78, 5) is 19.9. The van der Waals surface area contributed by atoms with Gasteiger partial charge in [-0.1, -0.05) is 35.9 Å². The normalized spacial score (nSPS) is 16.6. The molecule has 0 spiro atoms. The number of nitrogens with zero attached hydrogens (tertiary/aromatic N) is 2. The number of para-hydroxylation sites is 1. The monoisotopic (exact) mass is 440 g/mol. The van der Waals surface area contributed by atoms with Crippen LogP contribution in [0.25, 0.3) is 10.6 Å². The molecule has 1 unspecified atom stereocenters. The van der Waals surface area contributed by atoms with Crippen molar-refractivity contribution in [3.8, 4) is 10.6 Å². The fourth-order valence-electron chi connectivity index (χ4n) is 4.16. The highest BCUT2D eigenvalue weighted by Gasteiger charge is 2.23. The van der Waals surface area contributed by atoms with Crippen molar-refractivity contribution in [1.82, 2.24) is 4.98 Å². The maximum absolute atomic E-state index is 11.6. The molecule has 2 aromatic carbocycles. The van der Waals surface area contributed by atoms with Gasteiger partial charge in [-0.15, -0.1) is 11.3 Å². The summed E-state index contributed by atoms with van der Waals surface area (Å²) in [6, 6.07) is 15.2. The molecule has 2 heterocycles. The van der Waals surface area contributed by atoms with Crippen LogP contribution in [0.1, 0.15) is 40.2 Å². The second kappa shape index (κ2) is 9.19. The summed E-state index contributed by atoms with van der Waals surface area (Å²) in [6.07, 6.45) is 4.38. The molecule has 1 aliphatic rings. The van der Waals surface area contributed by atoms with Crippen LogP contribution in [-0.2, 0) is 6.42 Å². The second-order valence-corrected chi connectivity index (χ2v) is 9.37. The standard InChI is InChI=1S/C24H25ClN2O2S/c1-16-22(30-23(26-16)18-9-11-19(25)12-10-18)13-8-17-5-4-14-27(15-17)21-7-3-2-6-20(21)24(28)29/h2-3,6-7,9-12,17H,4-5,8,13-15H2,1H3,(H,28,29). The number of halogens is 1. The van der Waals surface area contributed by atoms with E-state index < -0.39 is 5.97 Å². The van der Waals surface area contributed by atoms with Gasteiger partial charge in [0.05, 0.1) is 16.9 Å². The fourth-order valence-corrected chi connectivity index (χ4v) is 5.37. The molecule has 1 saturated heterocycles. The van der Waals surface area contributed by atoms with E-state index in [1.54, 1.807) is 23.5 Å². The molecule has 1 N–H and O–H groups in total. The Labute approximate surface area is 186 Å². The average Bonchev–Trinajstić information content (AvgIpc) is 3.13. The maximum atomic E-state index is 11.6. The first-order valence-corrected chi connectivity index (χ1v) is 11.5. The summed E-state index contributed by atoms with van der Waals surface area (Å²) in [5.41, 5.74) is 3.44. The molecule has 1 aromatic heterocycles. The highest BCUT2D eigenvalue weighted by molar-refractivity contribution is 7.15. The molecule has 156 valence electrons. The van der Waals surface area contributed by atoms with Crippen LogP contribution in [0, 0.1) is 12.8 Å². The van der Waals surface area contributed by atoms with Gasteiger partial charge in [0.25, 0.3) is 0 Å². The summed E-state index contributed by atoms with van der Waals surface area (Å²) in [6.45, 7) is 3.91. The Hall–Kier alpha value is -2.37. The van der Waals surface area contributed by atoms with E-state index in [1.807, 2.05) is 36.4 Å². The number of carbonyl (C=O) groups is 1. The van der Waals surface area contributed by atoms with Crippen LogP contribution in [0.3, 0.4) is 0 Å². The van der Waals surface area contributed by atoms with Crippen LogP contribution in [-0.4, -0.2) is 29.1 Å². The van der Waals surface area contributed by atoms with Crippen molar-refractivity contribution in [2.45, 2.75) is 32.6 Å². The van der Waals surface area contributed by atoms with E-state index in [9.17, 15) is 9.90 Å². The third kappa shape index (κ3) is 4.68. The van der Waals surface area contributed by atoms with Crippen molar-refractivity contribution < 1.29 is 9.90 Å². The zero-order valence-corrected chi connectivity index (χ0v) is 18.5. The van der Waals surface area contributed by atoms with Gasteiger partial charge in [0, 0.05) is 28.6 Å². The van der Waals surface area contributed by atoms with Crippen molar-refractivity contribution in [3.05, 3.63) is 69.7 Å². The number of aromatic nitrogens is 1. The molecule has 30 heavy (non-hydrogen) atoms. The predicted octanol–water partition coefficient (Wildman–Crippen LogP) is 6.32. The van der Waals surface area contributed by atoms with Gasteiger partial charge in [0.15, 0.2) is 0 Å². The number of aromatic carboxylic acids is 1. The summed E-state index contributed by atoms with van der Waals surface area (Å²) >= 11 is 7.77. The van der Waals surface area contributed by atoms with Gasteiger partial charge in [-0.25, -0.2) is 9.78 Å². The largest absolute Gasteiger partial charge is 0.478 e. The lowest BCUT2D eigenvalue weighted by atomic mass is 9.92. The Kier molecular flexibility index (Phi) is 6.40. The number of anilines is 1. The first kappa shape index (κ1) is 20.9. The highest BCUT2D eigenvalue weighted by atomic mass is 35.5. The molecule has 6 heteroatoms. The Balaban J connectivity index is 1.42. The number of carboxylic acids is 1. The van der Waals surface area contributed by atoms with Crippen molar-refractivity contribution in [2.75, 3.05) is 18.0 Å². The highest BCUT2D eigenvalue weighted by Crippen LogP contribution is 2.32. The van der Waals surface area contributed by atoms with Crippen LogP contribution in [0.4, 0.5) is 5.69 Å². The third-order valence-corrected chi connectivity index (χ3v) is 7.28. The first-order valence-electron chi connectivity index (χ1n) is 10.3.